The molecular weight excluding hydrogens is 218 g/mol. The van der Waals surface area contributed by atoms with Crippen LogP contribution in [-0.2, 0) is 4.79 Å². The van der Waals surface area contributed by atoms with Gasteiger partial charge in [-0.2, -0.15) is 0 Å². The van der Waals surface area contributed by atoms with Crippen LogP contribution in [0, 0.1) is 0 Å². The molecule has 0 aromatic rings. The van der Waals surface area contributed by atoms with Gasteiger partial charge in [-0.3, -0.25) is 14.7 Å². The zero-order valence-electron chi connectivity index (χ0n) is 9.72. The van der Waals surface area contributed by atoms with Gasteiger partial charge in [-0.05, 0) is 6.42 Å². The van der Waals surface area contributed by atoms with Crippen molar-refractivity contribution in [1.29, 1.82) is 0 Å². The summed E-state index contributed by atoms with van der Waals surface area (Å²) >= 11 is 0. The standard InChI is InChI=1S/C11H17N5O/c12-10(17)8-1-3-16-6-5-15-4-2-13-9(7-15)11(16)14-8/h2,8,14H,1,3-7H2,(H2,12,17). The topological polar surface area (TPSA) is 74.0 Å². The molecule has 3 heterocycles. The number of carbonyl (C=O) groups excluding carboxylic acids is 1. The van der Waals surface area contributed by atoms with Gasteiger partial charge in [-0.25, -0.2) is 0 Å². The third-order valence-electron chi connectivity index (χ3n) is 3.58. The number of nitrogens with one attached hydrogen (secondary N) is 1. The fraction of sp³-hybridized carbons (Fsp3) is 0.636. The zero-order valence-corrected chi connectivity index (χ0v) is 9.72. The van der Waals surface area contributed by atoms with Gasteiger partial charge in [0, 0.05) is 38.9 Å². The summed E-state index contributed by atoms with van der Waals surface area (Å²) in [6.07, 6.45) is 2.71. The van der Waals surface area contributed by atoms with Crippen molar-refractivity contribution in [2.45, 2.75) is 12.5 Å². The molecule has 1 saturated heterocycles. The SMILES string of the molecule is NC(=O)C1CCN2CCN3CC=NC(=C2N1)C3. The number of nitrogens with two attached hydrogens (primary N) is 1. The molecule has 3 rings (SSSR count). The van der Waals surface area contributed by atoms with Crippen LogP contribution in [0.4, 0.5) is 0 Å². The lowest BCUT2D eigenvalue weighted by Gasteiger charge is -2.35. The first-order chi connectivity index (χ1) is 8.24. The average Bonchev–Trinajstić information content (AvgIpc) is 2.47. The Balaban J connectivity index is 1.91. The van der Waals surface area contributed by atoms with Crippen LogP contribution in [0.2, 0.25) is 0 Å². The number of fused-ring (bicyclic) bond motifs is 3. The predicted molar refractivity (Wildman–Crippen MR) is 64.3 cm³/mol. The minimum absolute atomic E-state index is 0.252. The molecule has 3 N–H and O–H groups in total. The van der Waals surface area contributed by atoms with Crippen molar-refractivity contribution in [3.05, 3.63) is 11.5 Å². The van der Waals surface area contributed by atoms with Crippen molar-refractivity contribution < 1.29 is 4.79 Å². The van der Waals surface area contributed by atoms with Crippen LogP contribution < -0.4 is 11.1 Å². The van der Waals surface area contributed by atoms with Gasteiger partial charge in [0.15, 0.2) is 0 Å². The Morgan fingerprint density at radius 3 is 3.18 bits per heavy atom. The monoisotopic (exact) mass is 235 g/mol. The molecule has 6 nitrogen and oxygen atoms in total. The Morgan fingerprint density at radius 2 is 2.35 bits per heavy atom. The number of rotatable bonds is 1. The van der Waals surface area contributed by atoms with Crippen molar-refractivity contribution in [3.8, 4) is 0 Å². The molecule has 0 aromatic heterocycles. The first-order valence-corrected chi connectivity index (χ1v) is 6.03. The van der Waals surface area contributed by atoms with Crippen molar-refractivity contribution in [3.63, 3.8) is 0 Å². The fourth-order valence-corrected chi connectivity index (χ4v) is 2.58. The van der Waals surface area contributed by atoms with E-state index in [0.29, 0.717) is 0 Å². The van der Waals surface area contributed by atoms with E-state index in [-0.39, 0.29) is 11.9 Å². The normalized spacial score (nSPS) is 31.6. The highest BCUT2D eigenvalue weighted by atomic mass is 16.1. The largest absolute Gasteiger partial charge is 0.368 e. The number of hydrogen-bond acceptors (Lipinski definition) is 5. The van der Waals surface area contributed by atoms with Gasteiger partial charge in [0.2, 0.25) is 5.91 Å². The van der Waals surface area contributed by atoms with Gasteiger partial charge in [0.05, 0.1) is 5.70 Å². The summed E-state index contributed by atoms with van der Waals surface area (Å²) < 4.78 is 0. The van der Waals surface area contributed by atoms with Gasteiger partial charge in [0.1, 0.15) is 11.9 Å². The van der Waals surface area contributed by atoms with Crippen LogP contribution in [-0.4, -0.2) is 60.7 Å². The number of hydrogen-bond donors (Lipinski definition) is 2. The van der Waals surface area contributed by atoms with E-state index in [4.69, 9.17) is 5.73 Å². The molecule has 92 valence electrons. The summed E-state index contributed by atoms with van der Waals surface area (Å²) in [6, 6.07) is -0.252. The Kier molecular flexibility index (Phi) is 2.51. The number of carbonyl (C=O) groups is 1. The van der Waals surface area contributed by atoms with E-state index < -0.39 is 0 Å². The Bertz CT molecular complexity index is 403. The Morgan fingerprint density at radius 1 is 1.47 bits per heavy atom. The van der Waals surface area contributed by atoms with E-state index in [1.165, 1.54) is 0 Å². The lowest BCUT2D eigenvalue weighted by atomic mass is 10.1. The summed E-state index contributed by atoms with van der Waals surface area (Å²) in [7, 11) is 0. The Hall–Kier alpha value is -1.56. The van der Waals surface area contributed by atoms with Crippen LogP contribution in [0.1, 0.15) is 6.42 Å². The van der Waals surface area contributed by atoms with Gasteiger partial charge < -0.3 is 16.0 Å². The quantitative estimate of drug-likeness (QED) is 0.593. The second-order valence-electron chi connectivity index (χ2n) is 4.72. The van der Waals surface area contributed by atoms with Crippen LogP contribution in [0.25, 0.3) is 0 Å². The van der Waals surface area contributed by atoms with Crippen molar-refractivity contribution in [2.24, 2.45) is 10.7 Å². The second-order valence-corrected chi connectivity index (χ2v) is 4.72. The molecule has 0 spiro atoms. The van der Waals surface area contributed by atoms with Gasteiger partial charge in [-0.1, -0.05) is 0 Å². The highest BCUT2D eigenvalue weighted by Crippen LogP contribution is 2.21. The van der Waals surface area contributed by atoms with Crippen molar-refractivity contribution in [1.82, 2.24) is 15.1 Å². The molecule has 1 fully saturated rings. The third kappa shape index (κ3) is 1.88. The first-order valence-electron chi connectivity index (χ1n) is 6.03. The van der Waals surface area contributed by atoms with Crippen LogP contribution >= 0.6 is 0 Å². The smallest absolute Gasteiger partial charge is 0.240 e. The molecule has 2 bridgehead atoms. The zero-order chi connectivity index (χ0) is 11.8. The summed E-state index contributed by atoms with van der Waals surface area (Å²) in [6.45, 7) is 4.69. The molecule has 0 aromatic carbocycles. The third-order valence-corrected chi connectivity index (χ3v) is 3.58. The molecule has 3 aliphatic heterocycles. The molecule has 1 amide bonds. The number of nitrogens with zero attached hydrogens (tertiary/aromatic N) is 3. The van der Waals surface area contributed by atoms with Gasteiger partial charge >= 0.3 is 0 Å². The minimum Gasteiger partial charge on any atom is -0.368 e. The fourth-order valence-electron chi connectivity index (χ4n) is 2.58. The Labute approximate surface area is 100 Å². The van der Waals surface area contributed by atoms with Crippen LogP contribution in [0.3, 0.4) is 0 Å². The summed E-state index contributed by atoms with van der Waals surface area (Å²) in [5, 5.41) is 3.24. The molecule has 0 aliphatic carbocycles. The molecule has 3 aliphatic rings. The maximum absolute atomic E-state index is 11.3. The van der Waals surface area contributed by atoms with E-state index in [1.54, 1.807) is 0 Å². The summed E-state index contributed by atoms with van der Waals surface area (Å²) in [5.41, 5.74) is 6.39. The van der Waals surface area contributed by atoms with Gasteiger partial charge in [-0.15, -0.1) is 0 Å². The molecule has 17 heavy (non-hydrogen) atoms. The van der Waals surface area contributed by atoms with E-state index in [9.17, 15) is 4.79 Å². The van der Waals surface area contributed by atoms with Crippen molar-refractivity contribution >= 4 is 12.1 Å². The predicted octanol–water partition coefficient (Wildman–Crippen LogP) is -1.30. The molecular formula is C11H17N5O. The van der Waals surface area contributed by atoms with Crippen LogP contribution in [0.15, 0.2) is 16.5 Å². The molecule has 2 atom stereocenters. The molecule has 0 radical (unpaired) electrons. The van der Waals surface area contributed by atoms with E-state index >= 15 is 0 Å². The summed E-state index contributed by atoms with van der Waals surface area (Å²) in [5.74, 6) is 0.720. The highest BCUT2D eigenvalue weighted by Gasteiger charge is 2.31. The van der Waals surface area contributed by atoms with E-state index in [1.807, 2.05) is 6.21 Å². The minimum atomic E-state index is -0.279. The second kappa shape index (κ2) is 4.03. The number of aliphatic imine (C=N–C) groups is 1. The van der Waals surface area contributed by atoms with E-state index in [2.05, 4.69) is 20.1 Å². The lowest BCUT2D eigenvalue weighted by molar-refractivity contribution is -0.120. The van der Waals surface area contributed by atoms with Crippen LogP contribution in [0.5, 0.6) is 0 Å². The van der Waals surface area contributed by atoms with Gasteiger partial charge in [0.25, 0.3) is 0 Å². The molecule has 2 unspecified atom stereocenters. The lowest BCUT2D eigenvalue weighted by Crippen LogP contribution is -2.51. The number of primary amides is 1. The average molecular weight is 235 g/mol. The first kappa shape index (κ1) is 10.6. The van der Waals surface area contributed by atoms with Crippen molar-refractivity contribution in [2.75, 3.05) is 32.7 Å². The number of amides is 1. The molecule has 0 saturated carbocycles. The highest BCUT2D eigenvalue weighted by molar-refractivity contribution is 5.80. The maximum atomic E-state index is 11.3. The summed E-state index contributed by atoms with van der Waals surface area (Å²) in [4.78, 5) is 20.3. The van der Waals surface area contributed by atoms with E-state index in [0.717, 1.165) is 50.7 Å². The molecule has 6 heteroatoms. The maximum Gasteiger partial charge on any atom is 0.240 e.